The highest BCUT2D eigenvalue weighted by atomic mass is 19.1. The number of aromatic hydroxyl groups is 1. The maximum Gasteiger partial charge on any atom is 0.257 e. The lowest BCUT2D eigenvalue weighted by atomic mass is 9.79. The number of carbonyl (C=O) groups is 1. The maximum absolute atomic E-state index is 13.3. The summed E-state index contributed by atoms with van der Waals surface area (Å²) in [5.41, 5.74) is -0.203. The van der Waals surface area contributed by atoms with Gasteiger partial charge in [-0.25, -0.2) is 4.39 Å². The highest BCUT2D eigenvalue weighted by molar-refractivity contribution is 5.97. The van der Waals surface area contributed by atoms with Crippen LogP contribution in [0.3, 0.4) is 0 Å². The Morgan fingerprint density at radius 3 is 2.52 bits per heavy atom. The lowest BCUT2D eigenvalue weighted by Gasteiger charge is -2.50. The van der Waals surface area contributed by atoms with Crippen LogP contribution in [0.25, 0.3) is 0 Å². The summed E-state index contributed by atoms with van der Waals surface area (Å²) in [6.07, 6.45) is 0.368. The van der Waals surface area contributed by atoms with Gasteiger partial charge in [0, 0.05) is 32.2 Å². The number of hydrogen-bond acceptors (Lipinski definition) is 5. The van der Waals surface area contributed by atoms with Crippen LogP contribution in [0.15, 0.2) is 48.5 Å². The fourth-order valence-corrected chi connectivity index (χ4v) is 4.33. The number of piperidine rings is 1. The van der Waals surface area contributed by atoms with Gasteiger partial charge in [-0.05, 0) is 24.1 Å². The first-order valence-electron chi connectivity index (χ1n) is 9.86. The lowest BCUT2D eigenvalue weighted by Crippen LogP contribution is -2.63. The van der Waals surface area contributed by atoms with Crippen LogP contribution in [0, 0.1) is 5.82 Å². The summed E-state index contributed by atoms with van der Waals surface area (Å²) in [5, 5.41) is 21.7. The van der Waals surface area contributed by atoms with Crippen LogP contribution in [0.1, 0.15) is 22.3 Å². The Morgan fingerprint density at radius 1 is 1.10 bits per heavy atom. The number of phenolic OH excluding ortho intramolecular Hbond substituents is 1. The van der Waals surface area contributed by atoms with Crippen LogP contribution in [-0.2, 0) is 10.3 Å². The highest BCUT2D eigenvalue weighted by Crippen LogP contribution is 2.37. The summed E-state index contributed by atoms with van der Waals surface area (Å²) in [4.78, 5) is 16.8. The number of likely N-dealkylation sites (tertiary alicyclic amines) is 1. The van der Waals surface area contributed by atoms with Gasteiger partial charge in [0.15, 0.2) is 0 Å². The molecule has 2 heterocycles. The maximum atomic E-state index is 13.3. The molecule has 7 heteroatoms. The van der Waals surface area contributed by atoms with Gasteiger partial charge < -0.3 is 19.8 Å². The number of halogens is 1. The number of phenols is 1. The van der Waals surface area contributed by atoms with Crippen molar-refractivity contribution in [3.8, 4) is 5.75 Å². The average molecular weight is 400 g/mol. The molecule has 0 aliphatic carbocycles. The Kier molecular flexibility index (Phi) is 5.54. The normalized spacial score (nSPS) is 25.7. The van der Waals surface area contributed by atoms with E-state index in [1.54, 1.807) is 4.90 Å². The molecule has 2 saturated heterocycles. The van der Waals surface area contributed by atoms with Gasteiger partial charge in [0.2, 0.25) is 0 Å². The number of amides is 1. The van der Waals surface area contributed by atoms with E-state index in [2.05, 4.69) is 4.90 Å². The molecule has 2 aromatic carbocycles. The third-order valence-electron chi connectivity index (χ3n) is 5.94. The van der Waals surface area contributed by atoms with Crippen LogP contribution in [0.4, 0.5) is 4.39 Å². The van der Waals surface area contributed by atoms with E-state index in [9.17, 15) is 19.4 Å². The molecular weight excluding hydrogens is 375 g/mol. The van der Waals surface area contributed by atoms with E-state index in [0.29, 0.717) is 45.8 Å². The number of rotatable bonds is 3. The van der Waals surface area contributed by atoms with Crippen LogP contribution < -0.4 is 0 Å². The molecule has 2 N–H and O–H groups in total. The second-order valence-electron chi connectivity index (χ2n) is 7.62. The minimum atomic E-state index is -1.10. The van der Waals surface area contributed by atoms with Crippen molar-refractivity contribution in [3.63, 3.8) is 0 Å². The van der Waals surface area contributed by atoms with Crippen molar-refractivity contribution in [1.82, 2.24) is 9.80 Å². The predicted octanol–water partition coefficient (Wildman–Crippen LogP) is 1.97. The van der Waals surface area contributed by atoms with Crippen molar-refractivity contribution < 1.29 is 24.1 Å². The second-order valence-corrected chi connectivity index (χ2v) is 7.62. The van der Waals surface area contributed by atoms with Crippen molar-refractivity contribution in [2.45, 2.75) is 18.1 Å². The largest absolute Gasteiger partial charge is 0.507 e. The molecule has 1 amide bonds. The minimum absolute atomic E-state index is 0.0669. The Morgan fingerprint density at radius 2 is 1.83 bits per heavy atom. The first-order valence-corrected chi connectivity index (χ1v) is 9.86. The summed E-state index contributed by atoms with van der Waals surface area (Å²) in [6.45, 7) is 3.14. The molecule has 0 radical (unpaired) electrons. The topological polar surface area (TPSA) is 73.2 Å². The van der Waals surface area contributed by atoms with Gasteiger partial charge in [-0.2, -0.15) is 0 Å². The van der Waals surface area contributed by atoms with Gasteiger partial charge >= 0.3 is 0 Å². The molecule has 29 heavy (non-hydrogen) atoms. The molecular formula is C22H25FN2O4. The molecule has 2 atom stereocenters. The zero-order chi connectivity index (χ0) is 20.4. The molecule has 2 aromatic rings. The first kappa shape index (κ1) is 19.8. The molecule has 0 aromatic heterocycles. The van der Waals surface area contributed by atoms with E-state index in [4.69, 9.17) is 4.74 Å². The summed E-state index contributed by atoms with van der Waals surface area (Å²) in [6, 6.07) is 12.6. The van der Waals surface area contributed by atoms with Crippen molar-refractivity contribution in [2.24, 2.45) is 0 Å². The summed E-state index contributed by atoms with van der Waals surface area (Å²) in [5.74, 6) is -1.33. The van der Waals surface area contributed by atoms with Gasteiger partial charge in [-0.15, -0.1) is 0 Å². The van der Waals surface area contributed by atoms with Gasteiger partial charge in [-0.3, -0.25) is 9.69 Å². The fraction of sp³-hybridized carbons (Fsp3) is 0.409. The van der Waals surface area contributed by atoms with Crippen molar-refractivity contribution in [2.75, 3.05) is 39.4 Å². The van der Waals surface area contributed by atoms with E-state index in [-0.39, 0.29) is 23.3 Å². The monoisotopic (exact) mass is 400 g/mol. The molecule has 0 spiro atoms. The van der Waals surface area contributed by atoms with Gasteiger partial charge in [0.1, 0.15) is 17.2 Å². The lowest BCUT2D eigenvalue weighted by molar-refractivity contribution is -0.112. The SMILES string of the molecule is O=C(c1ccc(F)cc1O)N1CC[C@](O)(c2ccccc2)[C@H](N2CCOCC2)C1. The number of benzene rings is 2. The van der Waals surface area contributed by atoms with Gasteiger partial charge in [-0.1, -0.05) is 30.3 Å². The quantitative estimate of drug-likeness (QED) is 0.824. The number of aliphatic hydroxyl groups is 1. The smallest absolute Gasteiger partial charge is 0.257 e. The minimum Gasteiger partial charge on any atom is -0.507 e. The van der Waals surface area contributed by atoms with Crippen molar-refractivity contribution in [3.05, 3.63) is 65.5 Å². The van der Waals surface area contributed by atoms with Crippen LogP contribution >= 0.6 is 0 Å². The molecule has 0 unspecified atom stereocenters. The Bertz CT molecular complexity index is 872. The van der Waals surface area contributed by atoms with E-state index in [1.807, 2.05) is 30.3 Å². The standard InChI is InChI=1S/C22H25FN2O4/c23-17-6-7-18(19(26)14-17)21(27)25-9-8-22(28,16-4-2-1-3-5-16)20(15-25)24-10-12-29-13-11-24/h1-7,14,20,26,28H,8-13,15H2/t20-,22+/m1/s1. The third-order valence-corrected chi connectivity index (χ3v) is 5.94. The molecule has 0 saturated carbocycles. The predicted molar refractivity (Wildman–Crippen MR) is 105 cm³/mol. The fourth-order valence-electron chi connectivity index (χ4n) is 4.33. The van der Waals surface area contributed by atoms with Crippen molar-refractivity contribution >= 4 is 5.91 Å². The van der Waals surface area contributed by atoms with Crippen LogP contribution in [0.5, 0.6) is 5.75 Å². The molecule has 2 aliphatic heterocycles. The number of nitrogens with zero attached hydrogens (tertiary/aromatic N) is 2. The summed E-state index contributed by atoms with van der Waals surface area (Å²) < 4.78 is 18.8. The van der Waals surface area contributed by atoms with E-state index >= 15 is 0 Å². The number of carbonyl (C=O) groups excluding carboxylic acids is 1. The average Bonchev–Trinajstić information content (AvgIpc) is 2.75. The van der Waals surface area contributed by atoms with E-state index in [1.165, 1.54) is 6.07 Å². The molecule has 2 fully saturated rings. The molecule has 154 valence electrons. The van der Waals surface area contributed by atoms with E-state index < -0.39 is 11.4 Å². The van der Waals surface area contributed by atoms with Crippen molar-refractivity contribution in [1.29, 1.82) is 0 Å². The van der Waals surface area contributed by atoms with E-state index in [0.717, 1.165) is 17.7 Å². The molecule has 6 nitrogen and oxygen atoms in total. The molecule has 4 rings (SSSR count). The molecule has 2 aliphatic rings. The molecule has 0 bridgehead atoms. The second kappa shape index (κ2) is 8.10. The zero-order valence-corrected chi connectivity index (χ0v) is 16.1. The summed E-state index contributed by atoms with van der Waals surface area (Å²) >= 11 is 0. The third kappa shape index (κ3) is 3.85. The number of ether oxygens (including phenoxy) is 1. The number of morpholine rings is 1. The first-order chi connectivity index (χ1) is 14.0. The van der Waals surface area contributed by atoms with Crippen LogP contribution in [-0.4, -0.2) is 71.4 Å². The Balaban J connectivity index is 1.63. The van der Waals surface area contributed by atoms with Crippen LogP contribution in [0.2, 0.25) is 0 Å². The zero-order valence-electron chi connectivity index (χ0n) is 16.1. The Labute approximate surface area is 169 Å². The number of hydrogen-bond donors (Lipinski definition) is 2. The summed E-state index contributed by atoms with van der Waals surface area (Å²) in [7, 11) is 0. The van der Waals surface area contributed by atoms with Gasteiger partial charge in [0.25, 0.3) is 5.91 Å². The van der Waals surface area contributed by atoms with Gasteiger partial charge in [0.05, 0.1) is 24.8 Å². The highest BCUT2D eigenvalue weighted by Gasteiger charge is 2.47. The Hall–Kier alpha value is -2.48.